The number of aromatic nitrogens is 1. The SMILES string of the molecule is C=CC1CN2CCC1CC2[C@H](NS(=O)(=O)c1ccc(OC)cc1)c1ccnc2ccccc12. The van der Waals surface area contributed by atoms with E-state index in [0.717, 1.165) is 42.4 Å². The number of methoxy groups -OCH3 is 1. The molecule has 5 atom stereocenters. The summed E-state index contributed by atoms with van der Waals surface area (Å²) in [6.45, 7) is 5.92. The molecule has 3 aliphatic rings. The summed E-state index contributed by atoms with van der Waals surface area (Å²) in [6.07, 6.45) is 5.89. The van der Waals surface area contributed by atoms with Crippen LogP contribution in [0.25, 0.3) is 10.9 Å². The fourth-order valence-electron chi connectivity index (χ4n) is 5.45. The number of ether oxygens (including phenoxy) is 1. The first-order chi connectivity index (χ1) is 16.0. The van der Waals surface area contributed by atoms with E-state index in [1.165, 1.54) is 0 Å². The third-order valence-electron chi connectivity index (χ3n) is 7.21. The van der Waals surface area contributed by atoms with Crippen LogP contribution in [-0.4, -0.2) is 44.5 Å². The monoisotopic (exact) mass is 463 g/mol. The molecular weight excluding hydrogens is 434 g/mol. The number of nitrogens with one attached hydrogen (secondary N) is 1. The van der Waals surface area contributed by atoms with Crippen molar-refractivity contribution in [3.8, 4) is 5.75 Å². The molecule has 0 aliphatic carbocycles. The molecule has 0 radical (unpaired) electrons. The van der Waals surface area contributed by atoms with Gasteiger partial charge in [0.05, 0.1) is 23.6 Å². The van der Waals surface area contributed by atoms with E-state index in [1.54, 1.807) is 37.6 Å². The molecule has 6 nitrogen and oxygen atoms in total. The van der Waals surface area contributed by atoms with Crippen LogP contribution in [0.3, 0.4) is 0 Å². The summed E-state index contributed by atoms with van der Waals surface area (Å²) in [5.41, 5.74) is 1.83. The van der Waals surface area contributed by atoms with Gasteiger partial charge in [-0.1, -0.05) is 24.3 Å². The highest BCUT2D eigenvalue weighted by molar-refractivity contribution is 7.89. The van der Waals surface area contributed by atoms with Gasteiger partial charge in [-0.05, 0) is 73.2 Å². The van der Waals surface area contributed by atoms with Crippen LogP contribution in [0, 0.1) is 11.8 Å². The summed E-state index contributed by atoms with van der Waals surface area (Å²) >= 11 is 0. The van der Waals surface area contributed by atoms with Crippen LogP contribution < -0.4 is 9.46 Å². The predicted octanol–water partition coefficient (Wildman–Crippen LogP) is 4.16. The van der Waals surface area contributed by atoms with E-state index in [9.17, 15) is 8.42 Å². The van der Waals surface area contributed by atoms with Gasteiger partial charge in [-0.15, -0.1) is 6.58 Å². The van der Waals surface area contributed by atoms with Gasteiger partial charge in [0.15, 0.2) is 0 Å². The quantitative estimate of drug-likeness (QED) is 0.533. The second kappa shape index (κ2) is 8.89. The highest BCUT2D eigenvalue weighted by atomic mass is 32.2. The number of piperidine rings is 3. The van der Waals surface area contributed by atoms with E-state index >= 15 is 0 Å². The first-order valence-corrected chi connectivity index (χ1v) is 12.8. The van der Waals surface area contributed by atoms with E-state index in [0.29, 0.717) is 17.6 Å². The average molecular weight is 464 g/mol. The topological polar surface area (TPSA) is 71.5 Å². The molecule has 4 unspecified atom stereocenters. The summed E-state index contributed by atoms with van der Waals surface area (Å²) in [5, 5.41) is 0.977. The van der Waals surface area contributed by atoms with Gasteiger partial charge in [0.2, 0.25) is 10.0 Å². The van der Waals surface area contributed by atoms with Gasteiger partial charge >= 0.3 is 0 Å². The number of nitrogens with zero attached hydrogens (tertiary/aromatic N) is 2. The van der Waals surface area contributed by atoms with Crippen LogP contribution in [0.5, 0.6) is 5.75 Å². The highest BCUT2D eigenvalue weighted by Gasteiger charge is 2.44. The molecule has 4 heterocycles. The third kappa shape index (κ3) is 4.16. The Morgan fingerprint density at radius 3 is 2.67 bits per heavy atom. The first kappa shape index (κ1) is 22.1. The molecule has 1 aromatic heterocycles. The van der Waals surface area contributed by atoms with E-state index < -0.39 is 16.1 Å². The van der Waals surface area contributed by atoms with Crippen molar-refractivity contribution in [2.75, 3.05) is 20.2 Å². The molecule has 3 aliphatic heterocycles. The maximum absolute atomic E-state index is 13.5. The summed E-state index contributed by atoms with van der Waals surface area (Å²) in [4.78, 5) is 7.16. The standard InChI is InChI=1S/C26H29N3O3S/c1-3-18-17-29-15-13-19(18)16-25(29)26(23-12-14-27-24-7-5-4-6-22(23)24)28-33(30,31)21-10-8-20(32-2)9-11-21/h3-12,14,18-19,25-26,28H,1,13,15-17H2,2H3/t18?,19?,25?,26-/m1/s1. The number of fused-ring (bicyclic) bond motifs is 4. The molecule has 33 heavy (non-hydrogen) atoms. The first-order valence-electron chi connectivity index (χ1n) is 11.4. The van der Waals surface area contributed by atoms with Crippen LogP contribution >= 0.6 is 0 Å². The minimum Gasteiger partial charge on any atom is -0.497 e. The third-order valence-corrected chi connectivity index (χ3v) is 8.67. The lowest BCUT2D eigenvalue weighted by molar-refractivity contribution is 0.00490. The van der Waals surface area contributed by atoms with Crippen molar-refractivity contribution in [1.82, 2.24) is 14.6 Å². The largest absolute Gasteiger partial charge is 0.497 e. The lowest BCUT2D eigenvalue weighted by Gasteiger charge is -2.51. The van der Waals surface area contributed by atoms with Gasteiger partial charge in [-0.25, -0.2) is 13.1 Å². The smallest absolute Gasteiger partial charge is 0.241 e. The number of rotatable bonds is 7. The Balaban J connectivity index is 1.56. The second-order valence-corrected chi connectivity index (χ2v) is 10.7. The molecule has 1 N–H and O–H groups in total. The summed E-state index contributed by atoms with van der Waals surface area (Å²) in [6, 6.07) is 16.1. The van der Waals surface area contributed by atoms with Crippen LogP contribution in [0.15, 0.2) is 78.3 Å². The summed E-state index contributed by atoms with van der Waals surface area (Å²) in [5.74, 6) is 1.61. The molecule has 2 aromatic carbocycles. The Kier molecular flexibility index (Phi) is 5.95. The molecular formula is C26H29N3O3S. The van der Waals surface area contributed by atoms with Crippen LogP contribution in [0.2, 0.25) is 0 Å². The number of sulfonamides is 1. The number of para-hydroxylation sites is 1. The van der Waals surface area contributed by atoms with Gasteiger partial charge < -0.3 is 4.74 Å². The fourth-order valence-corrected chi connectivity index (χ4v) is 6.70. The molecule has 6 rings (SSSR count). The van der Waals surface area contributed by atoms with Gasteiger partial charge in [-0.3, -0.25) is 9.88 Å². The van der Waals surface area contributed by atoms with Gasteiger partial charge in [0.25, 0.3) is 0 Å². The fraction of sp³-hybridized carbons (Fsp3) is 0.346. The highest BCUT2D eigenvalue weighted by Crippen LogP contribution is 2.42. The molecule has 0 amide bonds. The van der Waals surface area contributed by atoms with E-state index in [4.69, 9.17) is 4.74 Å². The van der Waals surface area contributed by atoms with E-state index in [2.05, 4.69) is 27.3 Å². The van der Waals surface area contributed by atoms with Crippen molar-refractivity contribution >= 4 is 20.9 Å². The Morgan fingerprint density at radius 2 is 1.97 bits per heavy atom. The summed E-state index contributed by atoms with van der Waals surface area (Å²) in [7, 11) is -2.19. The zero-order valence-corrected chi connectivity index (χ0v) is 19.5. The summed E-state index contributed by atoms with van der Waals surface area (Å²) < 4.78 is 35.3. The van der Waals surface area contributed by atoms with Crippen LogP contribution in [0.1, 0.15) is 24.4 Å². The molecule has 0 saturated carbocycles. The maximum Gasteiger partial charge on any atom is 0.241 e. The van der Waals surface area contributed by atoms with Crippen molar-refractivity contribution in [3.05, 3.63) is 79.0 Å². The number of benzene rings is 2. The van der Waals surface area contributed by atoms with Crippen molar-refractivity contribution in [2.45, 2.75) is 29.8 Å². The Bertz CT molecular complexity index is 1250. The minimum atomic E-state index is -3.76. The second-order valence-electron chi connectivity index (χ2n) is 8.94. The molecule has 172 valence electrons. The van der Waals surface area contributed by atoms with Crippen molar-refractivity contribution in [3.63, 3.8) is 0 Å². The number of hydrogen-bond acceptors (Lipinski definition) is 5. The number of pyridine rings is 1. The Labute approximate surface area is 195 Å². The van der Waals surface area contributed by atoms with Crippen LogP contribution in [0.4, 0.5) is 0 Å². The van der Waals surface area contributed by atoms with Gasteiger partial charge in [0.1, 0.15) is 5.75 Å². The Hall–Kier alpha value is -2.74. The Morgan fingerprint density at radius 1 is 1.18 bits per heavy atom. The molecule has 3 fully saturated rings. The molecule has 7 heteroatoms. The zero-order chi connectivity index (χ0) is 23.0. The van der Waals surface area contributed by atoms with Crippen molar-refractivity contribution in [1.29, 1.82) is 0 Å². The molecule has 2 bridgehead atoms. The minimum absolute atomic E-state index is 0.0683. The molecule has 3 aromatic rings. The van der Waals surface area contributed by atoms with Crippen LogP contribution in [-0.2, 0) is 10.0 Å². The molecule has 3 saturated heterocycles. The normalized spacial score (nSPS) is 25.6. The lowest BCUT2D eigenvalue weighted by atomic mass is 9.73. The maximum atomic E-state index is 13.5. The molecule has 0 spiro atoms. The van der Waals surface area contributed by atoms with Gasteiger partial charge in [0, 0.05) is 24.2 Å². The van der Waals surface area contributed by atoms with Crippen molar-refractivity contribution < 1.29 is 13.2 Å². The lowest BCUT2D eigenvalue weighted by Crippen LogP contribution is -2.57. The van der Waals surface area contributed by atoms with Gasteiger partial charge in [-0.2, -0.15) is 0 Å². The average Bonchev–Trinajstić information content (AvgIpc) is 2.87. The van der Waals surface area contributed by atoms with E-state index in [-0.39, 0.29) is 10.9 Å². The van der Waals surface area contributed by atoms with Crippen molar-refractivity contribution in [2.24, 2.45) is 11.8 Å². The predicted molar refractivity (Wildman–Crippen MR) is 130 cm³/mol. The number of hydrogen-bond donors (Lipinski definition) is 1. The van der Waals surface area contributed by atoms with E-state index in [1.807, 2.05) is 30.3 Å². The zero-order valence-electron chi connectivity index (χ0n) is 18.7.